The quantitative estimate of drug-likeness (QED) is 0.797. The molecule has 1 atom stereocenters. The van der Waals surface area contributed by atoms with E-state index in [1.54, 1.807) is 24.3 Å². The lowest BCUT2D eigenvalue weighted by molar-refractivity contribution is -0.183. The van der Waals surface area contributed by atoms with Gasteiger partial charge in [-0.2, -0.15) is 13.2 Å². The highest BCUT2D eigenvalue weighted by molar-refractivity contribution is 5.96. The third-order valence-electron chi connectivity index (χ3n) is 3.78. The summed E-state index contributed by atoms with van der Waals surface area (Å²) in [6, 6.07) is 6.76. The molecule has 3 nitrogen and oxygen atoms in total. The first-order chi connectivity index (χ1) is 9.97. The van der Waals surface area contributed by atoms with Crippen LogP contribution in [0.5, 0.6) is 0 Å². The monoisotopic (exact) mass is 297 g/mol. The molecule has 21 heavy (non-hydrogen) atoms. The minimum Gasteiger partial charge on any atom is -0.451 e. The average molecular weight is 297 g/mol. The molecule has 0 bridgehead atoms. The van der Waals surface area contributed by atoms with Crippen LogP contribution in [0.3, 0.4) is 0 Å². The molecule has 1 aliphatic heterocycles. The van der Waals surface area contributed by atoms with Crippen LogP contribution in [0, 0.1) is 0 Å². The lowest BCUT2D eigenvalue weighted by Crippen LogP contribution is -2.51. The zero-order chi connectivity index (χ0) is 15.0. The van der Waals surface area contributed by atoms with E-state index in [-0.39, 0.29) is 18.7 Å². The average Bonchev–Trinajstić information content (AvgIpc) is 2.89. The number of amides is 1. The van der Waals surface area contributed by atoms with Crippen molar-refractivity contribution in [2.75, 3.05) is 6.54 Å². The number of hydrogen-bond acceptors (Lipinski definition) is 2. The molecule has 0 aliphatic carbocycles. The minimum absolute atomic E-state index is 0.0349. The summed E-state index contributed by atoms with van der Waals surface area (Å²) >= 11 is 0. The number of halogens is 3. The number of furan rings is 1. The third-order valence-corrected chi connectivity index (χ3v) is 3.78. The Morgan fingerprint density at radius 1 is 1.24 bits per heavy atom. The van der Waals surface area contributed by atoms with Gasteiger partial charge in [0.05, 0.1) is 0 Å². The Balaban J connectivity index is 1.92. The van der Waals surface area contributed by atoms with Gasteiger partial charge in [0.25, 0.3) is 5.91 Å². The molecule has 0 N–H and O–H groups in total. The molecule has 1 aromatic carbocycles. The minimum atomic E-state index is -4.40. The van der Waals surface area contributed by atoms with Crippen LogP contribution in [-0.4, -0.2) is 29.6 Å². The van der Waals surface area contributed by atoms with Crippen LogP contribution < -0.4 is 0 Å². The Bertz CT molecular complexity index is 629. The van der Waals surface area contributed by atoms with E-state index in [9.17, 15) is 18.0 Å². The van der Waals surface area contributed by atoms with E-state index in [1.165, 1.54) is 6.07 Å². The van der Waals surface area contributed by atoms with Gasteiger partial charge in [-0.15, -0.1) is 0 Å². The Morgan fingerprint density at radius 2 is 2.00 bits per heavy atom. The fraction of sp³-hybridized carbons (Fsp3) is 0.400. The number of rotatable bonds is 1. The van der Waals surface area contributed by atoms with Crippen molar-refractivity contribution < 1.29 is 22.4 Å². The topological polar surface area (TPSA) is 33.5 Å². The van der Waals surface area contributed by atoms with Crippen LogP contribution in [0.2, 0.25) is 0 Å². The van der Waals surface area contributed by atoms with E-state index in [2.05, 4.69) is 0 Å². The molecular formula is C15H14F3NO2. The molecule has 0 saturated carbocycles. The van der Waals surface area contributed by atoms with Crippen molar-refractivity contribution in [3.63, 3.8) is 0 Å². The number of fused-ring (bicyclic) bond motifs is 1. The van der Waals surface area contributed by atoms with Gasteiger partial charge in [0.1, 0.15) is 11.6 Å². The Kier molecular flexibility index (Phi) is 3.39. The van der Waals surface area contributed by atoms with Crippen LogP contribution in [-0.2, 0) is 0 Å². The second kappa shape index (κ2) is 5.09. The Hall–Kier alpha value is -1.98. The lowest BCUT2D eigenvalue weighted by Gasteiger charge is -2.36. The Labute approximate surface area is 119 Å². The van der Waals surface area contributed by atoms with Crippen LogP contribution >= 0.6 is 0 Å². The van der Waals surface area contributed by atoms with Gasteiger partial charge in [0, 0.05) is 11.9 Å². The summed E-state index contributed by atoms with van der Waals surface area (Å²) < 4.78 is 44.5. The maximum atomic E-state index is 13.0. The maximum Gasteiger partial charge on any atom is 0.408 e. The second-order valence-corrected chi connectivity index (χ2v) is 5.20. The summed E-state index contributed by atoms with van der Waals surface area (Å²) in [5, 5.41) is 0.710. The number of nitrogens with zero attached hydrogens (tertiary/aromatic N) is 1. The number of carbonyl (C=O) groups is 1. The van der Waals surface area contributed by atoms with Crippen LogP contribution in [0.15, 0.2) is 34.7 Å². The van der Waals surface area contributed by atoms with E-state index in [4.69, 9.17) is 4.42 Å². The van der Waals surface area contributed by atoms with Gasteiger partial charge >= 0.3 is 6.18 Å². The summed E-state index contributed by atoms with van der Waals surface area (Å²) in [6.07, 6.45) is -3.38. The van der Waals surface area contributed by atoms with Gasteiger partial charge < -0.3 is 9.32 Å². The number of likely N-dealkylation sites (tertiary alicyclic amines) is 1. The predicted molar refractivity (Wildman–Crippen MR) is 70.9 cm³/mol. The van der Waals surface area contributed by atoms with Gasteiger partial charge in [-0.1, -0.05) is 18.2 Å². The fourth-order valence-corrected chi connectivity index (χ4v) is 2.74. The van der Waals surface area contributed by atoms with Crippen LogP contribution in [0.25, 0.3) is 11.0 Å². The number of benzene rings is 1. The molecule has 0 radical (unpaired) electrons. The molecule has 6 heteroatoms. The normalized spacial score (nSPS) is 20.0. The van der Waals surface area contributed by atoms with Crippen molar-refractivity contribution in [2.45, 2.75) is 31.5 Å². The number of alkyl halides is 3. The van der Waals surface area contributed by atoms with Gasteiger partial charge in [0.15, 0.2) is 5.76 Å². The third kappa shape index (κ3) is 2.62. The number of para-hydroxylation sites is 1. The molecule has 112 valence electrons. The van der Waals surface area contributed by atoms with Gasteiger partial charge in [-0.25, -0.2) is 0 Å². The van der Waals surface area contributed by atoms with Crippen molar-refractivity contribution in [3.8, 4) is 0 Å². The van der Waals surface area contributed by atoms with Gasteiger partial charge in [-0.05, 0) is 31.4 Å². The standard InChI is InChI=1S/C15H14F3NO2/c16-15(17,18)13-7-3-4-8-19(13)14(20)12-9-10-5-1-2-6-11(10)21-12/h1-2,5-6,9,13H,3-4,7-8H2. The van der Waals surface area contributed by atoms with E-state index >= 15 is 0 Å². The molecule has 2 aromatic rings. The summed E-state index contributed by atoms with van der Waals surface area (Å²) in [7, 11) is 0. The van der Waals surface area contributed by atoms with E-state index in [1.807, 2.05) is 0 Å². The highest BCUT2D eigenvalue weighted by Crippen LogP contribution is 2.33. The molecule has 3 rings (SSSR count). The lowest BCUT2D eigenvalue weighted by atomic mass is 10.0. The molecule has 2 heterocycles. The number of carbonyl (C=O) groups excluding carboxylic acids is 1. The maximum absolute atomic E-state index is 13.0. The molecule has 1 unspecified atom stereocenters. The molecule has 1 aliphatic rings. The zero-order valence-corrected chi connectivity index (χ0v) is 11.2. The van der Waals surface area contributed by atoms with Gasteiger partial charge in [-0.3, -0.25) is 4.79 Å². The van der Waals surface area contributed by atoms with Crippen molar-refractivity contribution in [1.82, 2.24) is 4.90 Å². The van der Waals surface area contributed by atoms with Crippen LogP contribution in [0.4, 0.5) is 13.2 Å². The summed E-state index contributed by atoms with van der Waals surface area (Å²) in [4.78, 5) is 13.2. The predicted octanol–water partition coefficient (Wildman–Crippen LogP) is 3.99. The first kappa shape index (κ1) is 14.0. The van der Waals surface area contributed by atoms with E-state index in [0.717, 1.165) is 4.90 Å². The second-order valence-electron chi connectivity index (χ2n) is 5.20. The van der Waals surface area contributed by atoms with Crippen molar-refractivity contribution >= 4 is 16.9 Å². The van der Waals surface area contributed by atoms with Crippen molar-refractivity contribution in [3.05, 3.63) is 36.1 Å². The van der Waals surface area contributed by atoms with Gasteiger partial charge in [0.2, 0.25) is 0 Å². The van der Waals surface area contributed by atoms with Crippen molar-refractivity contribution in [1.29, 1.82) is 0 Å². The highest BCUT2D eigenvalue weighted by Gasteiger charge is 2.46. The SMILES string of the molecule is O=C(c1cc2ccccc2o1)N1CCCCC1C(F)(F)F. The summed E-state index contributed by atoms with van der Waals surface area (Å²) in [5.41, 5.74) is 0.501. The zero-order valence-electron chi connectivity index (χ0n) is 11.2. The summed E-state index contributed by atoms with van der Waals surface area (Å²) in [5.74, 6) is -0.722. The smallest absolute Gasteiger partial charge is 0.408 e. The molecule has 1 aromatic heterocycles. The largest absolute Gasteiger partial charge is 0.451 e. The molecule has 1 fully saturated rings. The summed E-state index contributed by atoms with van der Waals surface area (Å²) in [6.45, 7) is 0.111. The first-order valence-electron chi connectivity index (χ1n) is 6.83. The fourth-order valence-electron chi connectivity index (χ4n) is 2.74. The van der Waals surface area contributed by atoms with Crippen LogP contribution in [0.1, 0.15) is 29.8 Å². The van der Waals surface area contributed by atoms with Crippen molar-refractivity contribution in [2.24, 2.45) is 0 Å². The highest BCUT2D eigenvalue weighted by atomic mass is 19.4. The Morgan fingerprint density at radius 3 is 2.71 bits per heavy atom. The van der Waals surface area contributed by atoms with E-state index in [0.29, 0.717) is 23.8 Å². The molecule has 0 spiro atoms. The first-order valence-corrected chi connectivity index (χ1v) is 6.83. The van der Waals surface area contributed by atoms with E-state index < -0.39 is 18.1 Å². The number of piperidine rings is 1. The molecule has 1 saturated heterocycles. The molecule has 1 amide bonds. The molecular weight excluding hydrogens is 283 g/mol. The number of hydrogen-bond donors (Lipinski definition) is 0.